The molecule has 0 amide bonds. The van der Waals surface area contributed by atoms with E-state index >= 15 is 0 Å². The van der Waals surface area contributed by atoms with E-state index in [1.807, 2.05) is 12.3 Å². The topological polar surface area (TPSA) is 24.9 Å². The van der Waals surface area contributed by atoms with Crippen LogP contribution in [0.2, 0.25) is 0 Å². The Morgan fingerprint density at radius 1 is 1.39 bits per heavy atom. The maximum atomic E-state index is 4.44. The van der Waals surface area contributed by atoms with Gasteiger partial charge in [-0.2, -0.15) is 0 Å². The van der Waals surface area contributed by atoms with Gasteiger partial charge in [0.1, 0.15) is 0 Å². The lowest BCUT2D eigenvalue weighted by Crippen LogP contribution is -2.42. The second-order valence-electron chi connectivity index (χ2n) is 6.63. The Bertz CT molecular complexity index is 372. The zero-order valence-electron chi connectivity index (χ0n) is 12.1. The van der Waals surface area contributed by atoms with Crippen molar-refractivity contribution in [1.29, 1.82) is 0 Å². The molecule has 1 aliphatic rings. The molecular formula is C16H26N2. The molecule has 0 spiro atoms. The quantitative estimate of drug-likeness (QED) is 0.873. The largest absolute Gasteiger partial charge is 0.306 e. The highest BCUT2D eigenvalue weighted by molar-refractivity contribution is 5.08. The van der Waals surface area contributed by atoms with Crippen LogP contribution in [0.5, 0.6) is 0 Å². The van der Waals surface area contributed by atoms with Crippen molar-refractivity contribution in [2.75, 3.05) is 0 Å². The van der Waals surface area contributed by atoms with Crippen molar-refractivity contribution in [2.24, 2.45) is 11.3 Å². The van der Waals surface area contributed by atoms with Crippen molar-refractivity contribution in [2.45, 2.75) is 59.0 Å². The zero-order valence-corrected chi connectivity index (χ0v) is 12.1. The van der Waals surface area contributed by atoms with Crippen molar-refractivity contribution >= 4 is 0 Å². The summed E-state index contributed by atoms with van der Waals surface area (Å²) in [5.41, 5.74) is 1.67. The average molecular weight is 246 g/mol. The second-order valence-corrected chi connectivity index (χ2v) is 6.63. The van der Waals surface area contributed by atoms with Crippen molar-refractivity contribution in [1.82, 2.24) is 10.3 Å². The standard InChI is InChI=1S/C16H26N2/c1-12-11-16(3,4)9-8-14(12)18-13(2)15-7-5-6-10-17-15/h5-7,10,12-14,18H,8-9,11H2,1-4H3. The number of aromatic nitrogens is 1. The Morgan fingerprint density at radius 3 is 2.78 bits per heavy atom. The summed E-state index contributed by atoms with van der Waals surface area (Å²) in [4.78, 5) is 4.44. The molecule has 0 aromatic carbocycles. The van der Waals surface area contributed by atoms with Gasteiger partial charge in [0, 0.05) is 18.3 Å². The van der Waals surface area contributed by atoms with Gasteiger partial charge in [0.05, 0.1) is 5.69 Å². The fourth-order valence-electron chi connectivity index (χ4n) is 3.23. The molecule has 100 valence electrons. The van der Waals surface area contributed by atoms with Crippen LogP contribution in [-0.2, 0) is 0 Å². The lowest BCUT2D eigenvalue weighted by molar-refractivity contribution is 0.142. The minimum atomic E-state index is 0.347. The minimum Gasteiger partial charge on any atom is -0.306 e. The van der Waals surface area contributed by atoms with Crippen molar-refractivity contribution < 1.29 is 0 Å². The molecule has 2 nitrogen and oxygen atoms in total. The smallest absolute Gasteiger partial charge is 0.0570 e. The van der Waals surface area contributed by atoms with Crippen LogP contribution in [0.3, 0.4) is 0 Å². The Kier molecular flexibility index (Phi) is 4.06. The summed E-state index contributed by atoms with van der Waals surface area (Å²) < 4.78 is 0. The van der Waals surface area contributed by atoms with Crippen LogP contribution >= 0.6 is 0 Å². The fraction of sp³-hybridized carbons (Fsp3) is 0.688. The lowest BCUT2D eigenvalue weighted by Gasteiger charge is -2.40. The Labute approximate surface area is 111 Å². The molecule has 0 bridgehead atoms. The molecule has 2 rings (SSSR count). The monoisotopic (exact) mass is 246 g/mol. The molecule has 0 radical (unpaired) electrons. The number of nitrogens with zero attached hydrogens (tertiary/aromatic N) is 1. The summed E-state index contributed by atoms with van der Waals surface area (Å²) in [5, 5.41) is 3.76. The average Bonchev–Trinajstić information content (AvgIpc) is 2.33. The molecule has 3 unspecified atom stereocenters. The van der Waals surface area contributed by atoms with Crippen LogP contribution < -0.4 is 5.32 Å². The lowest BCUT2D eigenvalue weighted by atomic mass is 9.70. The first-order valence-corrected chi connectivity index (χ1v) is 7.15. The third kappa shape index (κ3) is 3.32. The highest BCUT2D eigenvalue weighted by Crippen LogP contribution is 2.39. The molecule has 1 saturated carbocycles. The minimum absolute atomic E-state index is 0.347. The fourth-order valence-corrected chi connectivity index (χ4v) is 3.23. The molecule has 3 atom stereocenters. The van der Waals surface area contributed by atoms with Crippen molar-refractivity contribution in [3.63, 3.8) is 0 Å². The van der Waals surface area contributed by atoms with E-state index < -0.39 is 0 Å². The highest BCUT2D eigenvalue weighted by atomic mass is 15.0. The molecule has 1 N–H and O–H groups in total. The van der Waals surface area contributed by atoms with Gasteiger partial charge < -0.3 is 5.32 Å². The van der Waals surface area contributed by atoms with Gasteiger partial charge >= 0.3 is 0 Å². The first-order chi connectivity index (χ1) is 8.48. The highest BCUT2D eigenvalue weighted by Gasteiger charge is 2.32. The first-order valence-electron chi connectivity index (χ1n) is 7.15. The maximum Gasteiger partial charge on any atom is 0.0570 e. The Morgan fingerprint density at radius 2 is 2.17 bits per heavy atom. The molecule has 1 aromatic rings. The molecule has 1 fully saturated rings. The third-order valence-corrected chi connectivity index (χ3v) is 4.29. The first kappa shape index (κ1) is 13.5. The summed E-state index contributed by atoms with van der Waals surface area (Å²) in [6.07, 6.45) is 5.80. The Balaban J connectivity index is 1.94. The predicted molar refractivity (Wildman–Crippen MR) is 76.4 cm³/mol. The molecule has 1 aromatic heterocycles. The van der Waals surface area contributed by atoms with Crippen LogP contribution in [0.1, 0.15) is 58.7 Å². The SMILES string of the molecule is CC(NC1CCC(C)(C)CC1C)c1ccccn1. The maximum absolute atomic E-state index is 4.44. The molecule has 2 heteroatoms. The van der Waals surface area contributed by atoms with Gasteiger partial charge in [-0.05, 0) is 49.7 Å². The normalized spacial score (nSPS) is 28.9. The van der Waals surface area contributed by atoms with Gasteiger partial charge in [0.2, 0.25) is 0 Å². The van der Waals surface area contributed by atoms with E-state index in [0.717, 1.165) is 11.6 Å². The van der Waals surface area contributed by atoms with E-state index in [1.54, 1.807) is 0 Å². The number of pyridine rings is 1. The molecule has 1 heterocycles. The summed E-state index contributed by atoms with van der Waals surface area (Å²) >= 11 is 0. The van der Waals surface area contributed by atoms with Gasteiger partial charge in [-0.15, -0.1) is 0 Å². The third-order valence-electron chi connectivity index (χ3n) is 4.29. The number of rotatable bonds is 3. The molecular weight excluding hydrogens is 220 g/mol. The van der Waals surface area contributed by atoms with Gasteiger partial charge in [-0.1, -0.05) is 26.8 Å². The predicted octanol–water partition coefficient (Wildman–Crippen LogP) is 3.95. The molecule has 1 aliphatic carbocycles. The van der Waals surface area contributed by atoms with Crippen molar-refractivity contribution in [3.05, 3.63) is 30.1 Å². The summed E-state index contributed by atoms with van der Waals surface area (Å²) in [6.45, 7) is 9.38. The molecule has 18 heavy (non-hydrogen) atoms. The van der Waals surface area contributed by atoms with Gasteiger partial charge in [-0.25, -0.2) is 0 Å². The van der Waals surface area contributed by atoms with Crippen LogP contribution in [0.15, 0.2) is 24.4 Å². The second kappa shape index (κ2) is 5.40. The van der Waals surface area contributed by atoms with Crippen LogP contribution in [0.4, 0.5) is 0 Å². The van der Waals surface area contributed by atoms with Gasteiger partial charge in [0.25, 0.3) is 0 Å². The van der Waals surface area contributed by atoms with Gasteiger partial charge in [0.15, 0.2) is 0 Å². The molecule has 0 aliphatic heterocycles. The zero-order chi connectivity index (χ0) is 13.2. The number of hydrogen-bond donors (Lipinski definition) is 1. The van der Waals surface area contributed by atoms with Crippen LogP contribution in [0.25, 0.3) is 0 Å². The van der Waals surface area contributed by atoms with E-state index in [9.17, 15) is 0 Å². The van der Waals surface area contributed by atoms with Gasteiger partial charge in [-0.3, -0.25) is 4.98 Å². The van der Waals surface area contributed by atoms with Crippen molar-refractivity contribution in [3.8, 4) is 0 Å². The summed E-state index contributed by atoms with van der Waals surface area (Å²) in [5.74, 6) is 0.750. The summed E-state index contributed by atoms with van der Waals surface area (Å²) in [6, 6.07) is 7.13. The van der Waals surface area contributed by atoms with E-state index in [1.165, 1.54) is 19.3 Å². The number of hydrogen-bond acceptors (Lipinski definition) is 2. The van der Waals surface area contributed by atoms with Crippen LogP contribution in [-0.4, -0.2) is 11.0 Å². The number of nitrogens with one attached hydrogen (secondary N) is 1. The molecule has 0 saturated heterocycles. The van der Waals surface area contributed by atoms with Crippen LogP contribution in [0, 0.1) is 11.3 Å². The van der Waals surface area contributed by atoms with E-state index in [4.69, 9.17) is 0 Å². The Hall–Kier alpha value is -0.890. The summed E-state index contributed by atoms with van der Waals surface area (Å²) in [7, 11) is 0. The van der Waals surface area contributed by atoms with E-state index in [2.05, 4.69) is 50.1 Å². The van der Waals surface area contributed by atoms with E-state index in [-0.39, 0.29) is 0 Å². The van der Waals surface area contributed by atoms with E-state index in [0.29, 0.717) is 17.5 Å².